The zero-order chi connectivity index (χ0) is 27.7. The minimum Gasteiger partial charge on any atom is -0.341 e. The molecule has 2 bridgehead atoms. The number of halogens is 2. The summed E-state index contributed by atoms with van der Waals surface area (Å²) in [5.74, 6) is 1.38. The zero-order valence-electron chi connectivity index (χ0n) is 24.4. The third-order valence-corrected chi connectivity index (χ3v) is 12.3. The van der Waals surface area contributed by atoms with Gasteiger partial charge in [-0.25, -0.2) is 0 Å². The summed E-state index contributed by atoms with van der Waals surface area (Å²) in [6.45, 7) is 5.92. The first kappa shape index (κ1) is 28.6. The highest BCUT2D eigenvalue weighted by atomic mass is 35.5. The van der Waals surface area contributed by atoms with Crippen LogP contribution < -0.4 is 0 Å². The van der Waals surface area contributed by atoms with Crippen molar-refractivity contribution in [3.05, 3.63) is 68.7 Å². The van der Waals surface area contributed by atoms with Crippen LogP contribution in [0.1, 0.15) is 104 Å². The van der Waals surface area contributed by atoms with Crippen molar-refractivity contribution in [3.63, 3.8) is 0 Å². The Hall–Kier alpha value is -1.55. The van der Waals surface area contributed by atoms with Gasteiger partial charge >= 0.3 is 0 Å². The fourth-order valence-corrected chi connectivity index (χ4v) is 9.22. The first-order chi connectivity index (χ1) is 19.4. The Kier molecular flexibility index (Phi) is 8.55. The number of likely N-dealkylation sites (N-methyl/N-ethyl adjacent to an activating group) is 1. The summed E-state index contributed by atoms with van der Waals surface area (Å²) >= 11 is 12.8. The fraction of sp³-hybridized carbons (Fsp3) is 0.629. The van der Waals surface area contributed by atoms with Gasteiger partial charge in [0.2, 0.25) is 0 Å². The molecule has 3 saturated heterocycles. The fourth-order valence-electron chi connectivity index (χ4n) is 8.91. The Morgan fingerprint density at radius 1 is 0.950 bits per heavy atom. The number of hydrogen-bond donors (Lipinski definition) is 0. The van der Waals surface area contributed by atoms with Crippen LogP contribution >= 0.6 is 23.2 Å². The second kappa shape index (κ2) is 12.0. The first-order valence-corrected chi connectivity index (χ1v) is 16.8. The Morgan fingerprint density at radius 3 is 2.40 bits per heavy atom. The standard InChI is InChI=1S/C35H47Cl2N2O/c1-38(34(40)31-13-7-9-26-8-5-6-12-30(26)31)25-28(27-14-15-32(36)33(37)24-27)16-20-39-21-17-35(18-22-39,19-23-39)29-10-3-2-4-11-29/h7,9,13-15,24,28-29H,2-6,8,10-12,16-23,25H2,1H3/q+1. The Bertz CT molecular complexity index is 1200. The average molecular weight is 583 g/mol. The number of quaternary nitrogens is 1. The number of carbonyl (C=O) groups is 1. The van der Waals surface area contributed by atoms with Crippen LogP contribution in [-0.4, -0.2) is 55.1 Å². The van der Waals surface area contributed by atoms with Crippen LogP contribution in [0.4, 0.5) is 0 Å². The molecular formula is C35H47Cl2N2O+. The van der Waals surface area contributed by atoms with Gasteiger partial charge in [0.05, 0.1) is 36.2 Å². The molecule has 2 aromatic rings. The van der Waals surface area contributed by atoms with E-state index < -0.39 is 0 Å². The molecule has 40 heavy (non-hydrogen) atoms. The summed E-state index contributed by atoms with van der Waals surface area (Å²) in [5.41, 5.74) is 5.39. The molecule has 216 valence electrons. The Morgan fingerprint density at radius 2 is 1.68 bits per heavy atom. The number of fused-ring (bicyclic) bond motifs is 4. The summed E-state index contributed by atoms with van der Waals surface area (Å²) < 4.78 is 1.27. The lowest BCUT2D eigenvalue weighted by Crippen LogP contribution is -2.63. The summed E-state index contributed by atoms with van der Waals surface area (Å²) in [7, 11) is 1.99. The summed E-state index contributed by atoms with van der Waals surface area (Å²) in [6.07, 6.45) is 17.2. The van der Waals surface area contributed by atoms with Gasteiger partial charge in [0, 0.05) is 50.8 Å². The smallest absolute Gasteiger partial charge is 0.253 e. The van der Waals surface area contributed by atoms with E-state index in [9.17, 15) is 4.79 Å². The molecule has 1 atom stereocenters. The number of rotatable bonds is 8. The third kappa shape index (κ3) is 5.72. The Labute approximate surface area is 251 Å². The zero-order valence-corrected chi connectivity index (χ0v) is 25.9. The lowest BCUT2D eigenvalue weighted by molar-refractivity contribution is -0.946. The molecule has 3 aliphatic heterocycles. The van der Waals surface area contributed by atoms with Gasteiger partial charge in [0.15, 0.2) is 0 Å². The number of carbonyl (C=O) groups excluding carboxylic acids is 1. The molecular weight excluding hydrogens is 535 g/mol. The lowest BCUT2D eigenvalue weighted by atomic mass is 9.59. The predicted molar refractivity (Wildman–Crippen MR) is 166 cm³/mol. The molecule has 2 aliphatic carbocycles. The molecule has 5 aliphatic rings. The number of benzene rings is 2. The minimum atomic E-state index is 0.157. The number of aryl methyl sites for hydroxylation is 1. The van der Waals surface area contributed by atoms with Crippen molar-refractivity contribution >= 4 is 29.1 Å². The van der Waals surface area contributed by atoms with Crippen molar-refractivity contribution in [2.45, 2.75) is 89.4 Å². The summed E-state index contributed by atoms with van der Waals surface area (Å²) in [6, 6.07) is 12.4. The van der Waals surface area contributed by atoms with E-state index in [2.05, 4.69) is 18.2 Å². The lowest BCUT2D eigenvalue weighted by Gasteiger charge is -2.58. The van der Waals surface area contributed by atoms with E-state index in [0.29, 0.717) is 22.0 Å². The maximum absolute atomic E-state index is 13.8. The molecule has 0 aromatic heterocycles. The largest absolute Gasteiger partial charge is 0.341 e. The maximum Gasteiger partial charge on any atom is 0.253 e. The normalized spacial score (nSPS) is 27.3. The third-order valence-electron chi connectivity index (χ3n) is 11.6. The molecule has 1 saturated carbocycles. The molecule has 5 heteroatoms. The number of piperidine rings is 3. The van der Waals surface area contributed by atoms with E-state index >= 15 is 0 Å². The summed E-state index contributed by atoms with van der Waals surface area (Å²) in [5, 5.41) is 1.20. The summed E-state index contributed by atoms with van der Waals surface area (Å²) in [4.78, 5) is 15.8. The predicted octanol–water partition coefficient (Wildman–Crippen LogP) is 8.70. The van der Waals surface area contributed by atoms with Gasteiger partial charge in [-0.1, -0.05) is 60.7 Å². The quantitative estimate of drug-likeness (QED) is 0.285. The van der Waals surface area contributed by atoms with Crippen LogP contribution in [0.2, 0.25) is 10.0 Å². The van der Waals surface area contributed by atoms with Crippen LogP contribution in [0.15, 0.2) is 36.4 Å². The molecule has 3 nitrogen and oxygen atoms in total. The molecule has 0 spiro atoms. The van der Waals surface area contributed by atoms with Crippen LogP contribution in [0, 0.1) is 11.3 Å². The number of amides is 1. The van der Waals surface area contributed by atoms with Gasteiger partial charge in [-0.05, 0) is 84.7 Å². The van der Waals surface area contributed by atoms with Crippen LogP contribution in [0.3, 0.4) is 0 Å². The first-order valence-electron chi connectivity index (χ1n) is 16.0. The molecule has 4 fully saturated rings. The van der Waals surface area contributed by atoms with Gasteiger partial charge in [-0.2, -0.15) is 0 Å². The molecule has 1 unspecified atom stereocenters. The topological polar surface area (TPSA) is 20.3 Å². The van der Waals surface area contributed by atoms with Gasteiger partial charge < -0.3 is 9.38 Å². The molecule has 7 rings (SSSR count). The monoisotopic (exact) mass is 581 g/mol. The SMILES string of the molecule is CN(CC(CC[N+]12CCC(C3CCCCC3)(CC1)CC2)c1ccc(Cl)c(Cl)c1)C(=O)c1cccc2c1CCCC2. The van der Waals surface area contributed by atoms with Crippen molar-refractivity contribution in [3.8, 4) is 0 Å². The van der Waals surface area contributed by atoms with E-state index in [1.165, 1.54) is 112 Å². The average Bonchev–Trinajstić information content (AvgIpc) is 3.01. The van der Waals surface area contributed by atoms with Gasteiger partial charge in [-0.15, -0.1) is 0 Å². The number of nitrogens with zero attached hydrogens (tertiary/aromatic N) is 2. The van der Waals surface area contributed by atoms with Crippen LogP contribution in [0.5, 0.6) is 0 Å². The highest BCUT2D eigenvalue weighted by Gasteiger charge is 2.52. The van der Waals surface area contributed by atoms with Gasteiger partial charge in [-0.3, -0.25) is 4.79 Å². The van der Waals surface area contributed by atoms with Gasteiger partial charge in [0.1, 0.15) is 0 Å². The van der Waals surface area contributed by atoms with Crippen molar-refractivity contribution in [2.75, 3.05) is 39.8 Å². The highest BCUT2D eigenvalue weighted by molar-refractivity contribution is 6.42. The molecule has 1 amide bonds. The van der Waals surface area contributed by atoms with E-state index in [-0.39, 0.29) is 11.8 Å². The molecule has 2 aromatic carbocycles. The molecule has 0 radical (unpaired) electrons. The van der Waals surface area contributed by atoms with Crippen LogP contribution in [0.25, 0.3) is 0 Å². The second-order valence-corrected chi connectivity index (χ2v) is 14.5. The van der Waals surface area contributed by atoms with E-state index in [4.69, 9.17) is 23.2 Å². The molecule has 0 N–H and O–H groups in total. The van der Waals surface area contributed by atoms with E-state index in [1.54, 1.807) is 0 Å². The Balaban J connectivity index is 1.17. The minimum absolute atomic E-state index is 0.157. The van der Waals surface area contributed by atoms with Gasteiger partial charge in [0.25, 0.3) is 5.91 Å². The maximum atomic E-state index is 13.8. The highest BCUT2D eigenvalue weighted by Crippen LogP contribution is 2.53. The van der Waals surface area contributed by atoms with Crippen molar-refractivity contribution in [2.24, 2.45) is 11.3 Å². The second-order valence-electron chi connectivity index (χ2n) is 13.7. The van der Waals surface area contributed by atoms with Crippen LogP contribution in [-0.2, 0) is 12.8 Å². The molecule has 3 heterocycles. The van der Waals surface area contributed by atoms with Crippen molar-refractivity contribution in [1.82, 2.24) is 4.90 Å². The van der Waals surface area contributed by atoms with Crippen molar-refractivity contribution < 1.29 is 9.28 Å². The number of hydrogen-bond acceptors (Lipinski definition) is 1. The van der Waals surface area contributed by atoms with E-state index in [0.717, 1.165) is 30.7 Å². The van der Waals surface area contributed by atoms with E-state index in [1.807, 2.05) is 30.1 Å². The van der Waals surface area contributed by atoms with Crippen molar-refractivity contribution in [1.29, 1.82) is 0 Å².